The van der Waals surface area contributed by atoms with Gasteiger partial charge in [0.25, 0.3) is 5.91 Å². The number of carboxylic acid groups (broad SMARTS) is 1. The van der Waals surface area contributed by atoms with E-state index in [1.165, 1.54) is 0 Å². The molecule has 1 amide bonds. The topological polar surface area (TPSA) is 88.3 Å². The van der Waals surface area contributed by atoms with Gasteiger partial charge in [0.2, 0.25) is 5.82 Å². The van der Waals surface area contributed by atoms with E-state index in [0.29, 0.717) is 29.4 Å². The van der Waals surface area contributed by atoms with Gasteiger partial charge in [0.05, 0.1) is 16.6 Å². The highest BCUT2D eigenvalue weighted by Crippen LogP contribution is 2.26. The number of nitrogens with zero attached hydrogens (tertiary/aromatic N) is 4. The van der Waals surface area contributed by atoms with Gasteiger partial charge < -0.3 is 10.0 Å². The summed E-state index contributed by atoms with van der Waals surface area (Å²) in [4.78, 5) is 30.4. The molecule has 1 fully saturated rings. The van der Waals surface area contributed by atoms with Crippen molar-refractivity contribution < 1.29 is 14.7 Å². The van der Waals surface area contributed by atoms with E-state index in [-0.39, 0.29) is 30.2 Å². The van der Waals surface area contributed by atoms with E-state index in [2.05, 4.69) is 10.1 Å². The standard InChI is InChI=1S/C19H23ClN4O3/c1-11(2)17-21-16(22-24(17)15-7-5-4-6-14(15)20)18(25)23-10-13(19(26)27)9-8-12(23)3/h4-7,11-13H,8-10H2,1-3H3,(H,26,27). The molecular weight excluding hydrogens is 368 g/mol. The van der Waals surface area contributed by atoms with Gasteiger partial charge in [-0.2, -0.15) is 0 Å². The van der Waals surface area contributed by atoms with Crippen LogP contribution in [0.3, 0.4) is 0 Å². The summed E-state index contributed by atoms with van der Waals surface area (Å²) in [6, 6.07) is 7.20. The van der Waals surface area contributed by atoms with Crippen LogP contribution in [0.15, 0.2) is 24.3 Å². The Balaban J connectivity index is 1.97. The maximum atomic E-state index is 13.0. The minimum absolute atomic E-state index is 0.0286. The molecule has 0 aliphatic carbocycles. The van der Waals surface area contributed by atoms with Crippen molar-refractivity contribution >= 4 is 23.5 Å². The zero-order chi connectivity index (χ0) is 19.7. The number of rotatable bonds is 4. The summed E-state index contributed by atoms with van der Waals surface area (Å²) in [5, 5.41) is 14.2. The van der Waals surface area contributed by atoms with Crippen LogP contribution < -0.4 is 0 Å². The lowest BCUT2D eigenvalue weighted by molar-refractivity contribution is -0.143. The maximum Gasteiger partial charge on any atom is 0.308 e. The van der Waals surface area contributed by atoms with Gasteiger partial charge in [-0.15, -0.1) is 5.10 Å². The van der Waals surface area contributed by atoms with Gasteiger partial charge in [0.1, 0.15) is 5.82 Å². The van der Waals surface area contributed by atoms with E-state index in [4.69, 9.17) is 11.6 Å². The molecule has 1 N–H and O–H groups in total. The second-order valence-electron chi connectivity index (χ2n) is 7.23. The van der Waals surface area contributed by atoms with Crippen LogP contribution in [0, 0.1) is 5.92 Å². The third-order valence-electron chi connectivity index (χ3n) is 4.91. The maximum absolute atomic E-state index is 13.0. The Hall–Kier alpha value is -2.41. The summed E-state index contributed by atoms with van der Waals surface area (Å²) in [6.45, 7) is 6.03. The van der Waals surface area contributed by atoms with Crippen molar-refractivity contribution in [3.05, 3.63) is 40.9 Å². The lowest BCUT2D eigenvalue weighted by Gasteiger charge is -2.35. The van der Waals surface area contributed by atoms with Gasteiger partial charge >= 0.3 is 5.97 Å². The Kier molecular flexibility index (Phi) is 5.51. The second-order valence-corrected chi connectivity index (χ2v) is 7.64. The zero-order valence-electron chi connectivity index (χ0n) is 15.6. The van der Waals surface area contributed by atoms with Crippen molar-refractivity contribution in [1.29, 1.82) is 0 Å². The molecule has 0 bridgehead atoms. The minimum Gasteiger partial charge on any atom is -0.481 e. The SMILES string of the molecule is CC(C)c1nc(C(=O)N2CC(C(=O)O)CCC2C)nn1-c1ccccc1Cl. The van der Waals surface area contributed by atoms with Gasteiger partial charge in [-0.3, -0.25) is 9.59 Å². The van der Waals surface area contributed by atoms with Crippen LogP contribution in [0.2, 0.25) is 5.02 Å². The fourth-order valence-corrected chi connectivity index (χ4v) is 3.52. The number of hydrogen-bond acceptors (Lipinski definition) is 4. The van der Waals surface area contributed by atoms with E-state index in [1.54, 1.807) is 15.6 Å². The van der Waals surface area contributed by atoms with E-state index >= 15 is 0 Å². The van der Waals surface area contributed by atoms with Crippen molar-refractivity contribution in [2.75, 3.05) is 6.54 Å². The molecule has 1 saturated heterocycles. The number of benzene rings is 1. The Morgan fingerprint density at radius 1 is 1.26 bits per heavy atom. The lowest BCUT2D eigenvalue weighted by Crippen LogP contribution is -2.47. The Morgan fingerprint density at radius 2 is 1.96 bits per heavy atom. The third kappa shape index (κ3) is 3.83. The van der Waals surface area contributed by atoms with E-state index in [9.17, 15) is 14.7 Å². The number of amides is 1. The highest BCUT2D eigenvalue weighted by molar-refractivity contribution is 6.32. The van der Waals surface area contributed by atoms with Crippen LogP contribution in [-0.2, 0) is 4.79 Å². The first-order chi connectivity index (χ1) is 12.8. The molecule has 2 heterocycles. The molecule has 0 saturated carbocycles. The molecule has 8 heteroatoms. The molecular formula is C19H23ClN4O3. The number of carbonyl (C=O) groups excluding carboxylic acids is 1. The lowest BCUT2D eigenvalue weighted by atomic mass is 9.93. The number of carboxylic acids is 1. The molecule has 0 radical (unpaired) electrons. The molecule has 3 rings (SSSR count). The largest absolute Gasteiger partial charge is 0.481 e. The summed E-state index contributed by atoms with van der Waals surface area (Å²) >= 11 is 6.30. The molecule has 1 aliphatic rings. The van der Waals surface area contributed by atoms with Gasteiger partial charge in [-0.1, -0.05) is 37.6 Å². The third-order valence-corrected chi connectivity index (χ3v) is 5.23. The Bertz CT molecular complexity index is 864. The predicted octanol–water partition coefficient (Wildman–Crippen LogP) is 3.37. The summed E-state index contributed by atoms with van der Waals surface area (Å²) in [6.07, 6.45) is 1.21. The highest BCUT2D eigenvalue weighted by atomic mass is 35.5. The molecule has 27 heavy (non-hydrogen) atoms. The van der Waals surface area contributed by atoms with E-state index < -0.39 is 11.9 Å². The van der Waals surface area contributed by atoms with Gasteiger partial charge in [-0.05, 0) is 31.9 Å². The Labute approximate surface area is 163 Å². The van der Waals surface area contributed by atoms with Crippen molar-refractivity contribution in [3.63, 3.8) is 0 Å². The monoisotopic (exact) mass is 390 g/mol. The molecule has 1 aromatic heterocycles. The van der Waals surface area contributed by atoms with Crippen LogP contribution in [-0.4, -0.2) is 49.2 Å². The Morgan fingerprint density at radius 3 is 2.59 bits per heavy atom. The highest BCUT2D eigenvalue weighted by Gasteiger charge is 2.35. The first-order valence-electron chi connectivity index (χ1n) is 9.05. The number of piperidine rings is 1. The number of aliphatic carboxylic acids is 1. The average molecular weight is 391 g/mol. The van der Waals surface area contributed by atoms with Crippen molar-refractivity contribution in [2.24, 2.45) is 5.92 Å². The van der Waals surface area contributed by atoms with E-state index in [0.717, 1.165) is 0 Å². The fraction of sp³-hybridized carbons (Fsp3) is 0.474. The quantitative estimate of drug-likeness (QED) is 0.864. The van der Waals surface area contributed by atoms with Gasteiger partial charge in [-0.25, -0.2) is 9.67 Å². The molecule has 1 aliphatic heterocycles. The molecule has 2 atom stereocenters. The number of carbonyl (C=O) groups is 2. The molecule has 2 unspecified atom stereocenters. The van der Waals surface area contributed by atoms with Gasteiger partial charge in [0, 0.05) is 18.5 Å². The predicted molar refractivity (Wildman–Crippen MR) is 101 cm³/mol. The number of halogens is 1. The first kappa shape index (κ1) is 19.4. The van der Waals surface area contributed by atoms with Crippen LogP contribution in [0.1, 0.15) is 56.0 Å². The first-order valence-corrected chi connectivity index (χ1v) is 9.43. The van der Waals surface area contributed by atoms with Crippen LogP contribution >= 0.6 is 11.6 Å². The molecule has 7 nitrogen and oxygen atoms in total. The summed E-state index contributed by atoms with van der Waals surface area (Å²) in [7, 11) is 0. The van der Waals surface area contributed by atoms with Crippen LogP contribution in [0.4, 0.5) is 0 Å². The van der Waals surface area contributed by atoms with Crippen molar-refractivity contribution in [3.8, 4) is 5.69 Å². The second kappa shape index (κ2) is 7.68. The molecule has 144 valence electrons. The number of para-hydroxylation sites is 1. The summed E-state index contributed by atoms with van der Waals surface area (Å²) < 4.78 is 1.60. The van der Waals surface area contributed by atoms with E-state index in [1.807, 2.05) is 39.0 Å². The summed E-state index contributed by atoms with van der Waals surface area (Å²) in [5.41, 5.74) is 0.657. The number of likely N-dealkylation sites (tertiary alicyclic amines) is 1. The van der Waals surface area contributed by atoms with Crippen molar-refractivity contribution in [2.45, 2.75) is 45.6 Å². The number of hydrogen-bond donors (Lipinski definition) is 1. The van der Waals surface area contributed by atoms with Crippen LogP contribution in [0.25, 0.3) is 5.69 Å². The minimum atomic E-state index is -0.878. The van der Waals surface area contributed by atoms with Crippen molar-refractivity contribution in [1.82, 2.24) is 19.7 Å². The van der Waals surface area contributed by atoms with Gasteiger partial charge in [0.15, 0.2) is 0 Å². The van der Waals surface area contributed by atoms with Crippen LogP contribution in [0.5, 0.6) is 0 Å². The smallest absolute Gasteiger partial charge is 0.308 e. The molecule has 2 aromatic rings. The number of aromatic nitrogens is 3. The summed E-state index contributed by atoms with van der Waals surface area (Å²) in [5.74, 6) is -1.05. The molecule has 0 spiro atoms. The normalized spacial score (nSPS) is 20.1. The fourth-order valence-electron chi connectivity index (χ4n) is 3.31. The zero-order valence-corrected chi connectivity index (χ0v) is 16.3. The average Bonchev–Trinajstić information content (AvgIpc) is 3.07. The molecule has 1 aromatic carbocycles.